The van der Waals surface area contributed by atoms with Gasteiger partial charge >= 0.3 is 162 Å². The molecule has 0 N–H and O–H groups in total. The molecule has 0 saturated heterocycles. The van der Waals surface area contributed by atoms with Gasteiger partial charge in [-0.05, 0) is 0 Å². The molecule has 0 saturated carbocycles. The van der Waals surface area contributed by atoms with Gasteiger partial charge in [-0.25, -0.2) is 0 Å². The Labute approximate surface area is 186 Å². The van der Waals surface area contributed by atoms with Crippen molar-refractivity contribution in [1.29, 1.82) is 0 Å². The van der Waals surface area contributed by atoms with Gasteiger partial charge in [0.15, 0.2) is 0 Å². The number of aryl methyl sites for hydroxylation is 1. The van der Waals surface area contributed by atoms with Crippen LogP contribution >= 0.6 is 24.8 Å². The molecule has 0 amide bonds. The predicted octanol–water partition coefficient (Wildman–Crippen LogP) is 7.35. The third-order valence-corrected chi connectivity index (χ3v) is 10.8. The molecule has 0 fully saturated rings. The molecule has 152 valence electrons. The van der Waals surface area contributed by atoms with Gasteiger partial charge in [0.2, 0.25) is 0 Å². The van der Waals surface area contributed by atoms with Gasteiger partial charge in [0.25, 0.3) is 0 Å². The third kappa shape index (κ3) is 7.01. The summed E-state index contributed by atoms with van der Waals surface area (Å²) in [5.74, 6) is 1.07. The number of allylic oxidation sites excluding steroid dienone is 4. The Morgan fingerprint density at radius 2 is 1.63 bits per heavy atom. The van der Waals surface area contributed by atoms with Gasteiger partial charge in [-0.15, -0.1) is 24.8 Å². The predicted molar refractivity (Wildman–Crippen MR) is 125 cm³/mol. The summed E-state index contributed by atoms with van der Waals surface area (Å²) < 4.78 is 9.89. The number of hydrogen-bond donors (Lipinski definition) is 0. The quantitative estimate of drug-likeness (QED) is 0.424. The minimum atomic E-state index is -1.90. The van der Waals surface area contributed by atoms with Crippen LogP contribution in [0, 0.1) is 6.92 Å². The number of halogens is 2. The van der Waals surface area contributed by atoms with Crippen LogP contribution in [0.25, 0.3) is 0 Å². The summed E-state index contributed by atoms with van der Waals surface area (Å²) in [5, 5.41) is 1.63. The van der Waals surface area contributed by atoms with Crippen LogP contribution in [-0.2, 0) is 23.2 Å². The molecule has 0 spiro atoms. The zero-order chi connectivity index (χ0) is 19.0. The Morgan fingerprint density at radius 3 is 2.11 bits per heavy atom. The van der Waals surface area contributed by atoms with Crippen LogP contribution in [0.3, 0.4) is 0 Å². The van der Waals surface area contributed by atoms with Crippen molar-refractivity contribution in [2.45, 2.75) is 73.0 Å². The molecule has 1 aromatic rings. The molecule has 2 rings (SSSR count). The van der Waals surface area contributed by atoms with E-state index in [1.54, 1.807) is 9.07 Å². The molecule has 0 atom stereocenters. The summed E-state index contributed by atoms with van der Waals surface area (Å²) in [6.45, 7) is 20.9. The van der Waals surface area contributed by atoms with Crippen LogP contribution in [0.15, 0.2) is 39.4 Å². The Hall–Kier alpha value is -0.119. The first-order valence-electron chi connectivity index (χ1n) is 9.27. The van der Waals surface area contributed by atoms with E-state index in [9.17, 15) is 0 Å². The van der Waals surface area contributed by atoms with E-state index in [2.05, 4.69) is 91.5 Å². The van der Waals surface area contributed by atoms with Crippen molar-refractivity contribution in [1.82, 2.24) is 0 Å². The Bertz CT molecular complexity index is 761. The van der Waals surface area contributed by atoms with Gasteiger partial charge in [-0.3, -0.25) is 0 Å². The maximum atomic E-state index is 6.76. The zero-order valence-electron chi connectivity index (χ0n) is 18.3. The SMILES string of the molecule is C[C](C)=[Ti]([O]c1cc(C)cc(C(C)(C)C)c1)[C]1=C([Si](C)(C)C)C=CC1.Cl.Cl. The largest absolute Gasteiger partial charge is 0.147 e. The maximum absolute atomic E-state index is 6.76. The minimum Gasteiger partial charge on any atom is -0.147 e. The van der Waals surface area contributed by atoms with Crippen molar-refractivity contribution in [2.75, 3.05) is 0 Å². The van der Waals surface area contributed by atoms with E-state index in [0.717, 1.165) is 12.2 Å². The average molecular weight is 463 g/mol. The van der Waals surface area contributed by atoms with E-state index < -0.39 is 25.9 Å². The fourth-order valence-corrected chi connectivity index (χ4v) is 10.1. The summed E-state index contributed by atoms with van der Waals surface area (Å²) in [7, 11) is -1.32. The number of rotatable bonds is 4. The van der Waals surface area contributed by atoms with Gasteiger partial charge in [0.05, 0.1) is 0 Å². The zero-order valence-corrected chi connectivity index (χ0v) is 22.5. The fourth-order valence-electron chi connectivity index (χ4n) is 3.25. The number of benzene rings is 1. The second-order valence-electron chi connectivity index (χ2n) is 9.46. The van der Waals surface area contributed by atoms with Crippen LogP contribution in [-0.4, -0.2) is 11.9 Å². The Kier molecular flexibility index (Phi) is 10.0. The molecule has 1 aromatic carbocycles. The summed E-state index contributed by atoms with van der Waals surface area (Å²) in [5.41, 5.74) is 2.79. The molecule has 5 heteroatoms. The van der Waals surface area contributed by atoms with Crippen LogP contribution < -0.4 is 3.32 Å². The van der Waals surface area contributed by atoms with Crippen LogP contribution in [0.2, 0.25) is 19.6 Å². The molecule has 27 heavy (non-hydrogen) atoms. The van der Waals surface area contributed by atoms with E-state index >= 15 is 0 Å². The van der Waals surface area contributed by atoms with E-state index in [0.29, 0.717) is 0 Å². The molecule has 0 aromatic heterocycles. The molecule has 0 aliphatic heterocycles. The van der Waals surface area contributed by atoms with E-state index in [-0.39, 0.29) is 30.2 Å². The first kappa shape index (κ1) is 26.9. The van der Waals surface area contributed by atoms with Crippen LogP contribution in [0.1, 0.15) is 52.2 Å². The molecule has 1 aliphatic rings. The van der Waals surface area contributed by atoms with Crippen molar-refractivity contribution in [3.63, 3.8) is 0 Å². The second kappa shape index (κ2) is 10.1. The average Bonchev–Trinajstić information content (AvgIpc) is 2.92. The van der Waals surface area contributed by atoms with Gasteiger partial charge in [0, 0.05) is 0 Å². The van der Waals surface area contributed by atoms with Crippen LogP contribution in [0.5, 0.6) is 5.75 Å². The summed E-state index contributed by atoms with van der Waals surface area (Å²) in [4.78, 5) is 0. The van der Waals surface area contributed by atoms with Crippen molar-refractivity contribution in [3.8, 4) is 5.75 Å². The summed E-state index contributed by atoms with van der Waals surface area (Å²) in [6, 6.07) is 6.77. The normalized spacial score (nSPS) is 13.8. The Balaban J connectivity index is 0.00000338. The number of hydrogen-bond acceptors (Lipinski definition) is 1. The van der Waals surface area contributed by atoms with E-state index in [1.165, 1.54) is 14.9 Å². The van der Waals surface area contributed by atoms with Gasteiger partial charge < -0.3 is 0 Å². The maximum Gasteiger partial charge on any atom is -0.147 e. The van der Waals surface area contributed by atoms with Gasteiger partial charge in [-0.1, -0.05) is 0 Å². The third-order valence-electron chi connectivity index (χ3n) is 4.60. The molecular weight excluding hydrogens is 427 g/mol. The fraction of sp³-hybridized carbons (Fsp3) is 0.500. The molecule has 0 radical (unpaired) electrons. The Morgan fingerprint density at radius 1 is 1.04 bits per heavy atom. The molecule has 0 heterocycles. The van der Waals surface area contributed by atoms with E-state index in [4.69, 9.17) is 3.32 Å². The van der Waals surface area contributed by atoms with Crippen molar-refractivity contribution in [2.24, 2.45) is 0 Å². The van der Waals surface area contributed by atoms with E-state index in [1.807, 2.05) is 0 Å². The topological polar surface area (TPSA) is 9.23 Å². The van der Waals surface area contributed by atoms with Crippen molar-refractivity contribution in [3.05, 3.63) is 50.6 Å². The first-order valence-corrected chi connectivity index (χ1v) is 15.0. The molecule has 1 nitrogen and oxygen atoms in total. The smallest absolute Gasteiger partial charge is 0.147 e. The molecule has 0 bridgehead atoms. The minimum absolute atomic E-state index is 0. The second-order valence-corrected chi connectivity index (χ2v) is 18.4. The van der Waals surface area contributed by atoms with Crippen molar-refractivity contribution < 1.29 is 21.1 Å². The molecule has 0 unspecified atom stereocenters. The molecule has 1 aliphatic carbocycles. The van der Waals surface area contributed by atoms with Gasteiger partial charge in [-0.2, -0.15) is 0 Å². The van der Waals surface area contributed by atoms with Crippen LogP contribution in [0.4, 0.5) is 0 Å². The molecular formula is C22H36Cl2OSiTi. The van der Waals surface area contributed by atoms with Gasteiger partial charge in [0.1, 0.15) is 0 Å². The van der Waals surface area contributed by atoms with Crippen molar-refractivity contribution >= 4 is 36.7 Å². The monoisotopic (exact) mass is 462 g/mol. The first-order chi connectivity index (χ1) is 11.4. The standard InChI is InChI=1S/C11H16O.C8H13Si.C3H6.2ClH.Ti/c1-8-5-9(11(2,3)4)7-10(12)6-8;1-9(2,3)8-6-4-5-7-8;1-3-2;;;/h5-7,12H,1-4H3;4,6H,5H2,1-3H3;1-2H3;2*1H;/q;;;;;+1/p-1. The summed E-state index contributed by atoms with van der Waals surface area (Å²) in [6.07, 6.45) is 5.83. The summed E-state index contributed by atoms with van der Waals surface area (Å²) >= 11 is -1.90.